The SMILES string of the molecule is CC(C)c1c(C(=O)Nc2cc([N+](=O)[O-])ccc2F)cnn1-c1cccc(Cl)c1. The number of carbonyl (C=O) groups excluding carboxylic acids is 1. The van der Waals surface area contributed by atoms with Crippen LogP contribution in [-0.4, -0.2) is 20.6 Å². The van der Waals surface area contributed by atoms with Crippen LogP contribution in [0, 0.1) is 15.9 Å². The highest BCUT2D eigenvalue weighted by Gasteiger charge is 2.22. The van der Waals surface area contributed by atoms with Gasteiger partial charge in [-0.05, 0) is 30.2 Å². The summed E-state index contributed by atoms with van der Waals surface area (Å²) >= 11 is 6.04. The Hall–Kier alpha value is -3.26. The lowest BCUT2D eigenvalue weighted by molar-refractivity contribution is -0.384. The van der Waals surface area contributed by atoms with Crippen molar-refractivity contribution in [3.8, 4) is 5.69 Å². The lowest BCUT2D eigenvalue weighted by atomic mass is 10.0. The Balaban J connectivity index is 1.99. The molecule has 7 nitrogen and oxygen atoms in total. The van der Waals surface area contributed by atoms with Crippen LogP contribution in [0.15, 0.2) is 48.7 Å². The molecule has 0 unspecified atom stereocenters. The van der Waals surface area contributed by atoms with Gasteiger partial charge in [-0.15, -0.1) is 0 Å². The van der Waals surface area contributed by atoms with Crippen LogP contribution in [0.1, 0.15) is 35.8 Å². The summed E-state index contributed by atoms with van der Waals surface area (Å²) in [6.45, 7) is 3.78. The number of nitrogens with one attached hydrogen (secondary N) is 1. The first-order valence-corrected chi connectivity index (χ1v) is 8.75. The molecule has 0 spiro atoms. The van der Waals surface area contributed by atoms with E-state index in [2.05, 4.69) is 10.4 Å². The summed E-state index contributed by atoms with van der Waals surface area (Å²) in [5.74, 6) is -1.47. The van der Waals surface area contributed by atoms with Crippen molar-refractivity contribution < 1.29 is 14.1 Å². The molecule has 1 heterocycles. The zero-order valence-electron chi connectivity index (χ0n) is 15.0. The van der Waals surface area contributed by atoms with Gasteiger partial charge in [-0.3, -0.25) is 14.9 Å². The number of benzene rings is 2. The number of nitro groups is 1. The Labute approximate surface area is 164 Å². The van der Waals surface area contributed by atoms with Gasteiger partial charge >= 0.3 is 0 Å². The van der Waals surface area contributed by atoms with Crippen molar-refractivity contribution in [3.05, 3.63) is 80.9 Å². The number of carbonyl (C=O) groups is 1. The molecular weight excluding hydrogens is 387 g/mol. The fraction of sp³-hybridized carbons (Fsp3) is 0.158. The normalized spacial score (nSPS) is 10.9. The van der Waals surface area contributed by atoms with E-state index in [0.717, 1.165) is 18.2 Å². The average molecular weight is 403 g/mol. The van der Waals surface area contributed by atoms with Crippen LogP contribution in [0.25, 0.3) is 5.69 Å². The number of halogens is 2. The summed E-state index contributed by atoms with van der Waals surface area (Å²) in [5, 5.41) is 18.1. The third-order valence-electron chi connectivity index (χ3n) is 4.06. The summed E-state index contributed by atoms with van der Waals surface area (Å²) in [6.07, 6.45) is 1.38. The molecule has 2 aromatic carbocycles. The highest BCUT2D eigenvalue weighted by molar-refractivity contribution is 6.30. The number of aromatic nitrogens is 2. The summed E-state index contributed by atoms with van der Waals surface area (Å²) in [4.78, 5) is 23.0. The second-order valence-electron chi connectivity index (χ2n) is 6.37. The van der Waals surface area contributed by atoms with Gasteiger partial charge in [-0.1, -0.05) is 31.5 Å². The molecule has 0 aliphatic heterocycles. The standard InChI is InChI=1S/C19H16ClFN4O3/c1-11(2)18-15(10-22-24(18)13-5-3-4-12(20)8-13)19(26)23-17-9-14(25(27)28)6-7-16(17)21/h3-11H,1-2H3,(H,23,26). The van der Waals surface area contributed by atoms with Crippen LogP contribution in [0.4, 0.5) is 15.8 Å². The second-order valence-corrected chi connectivity index (χ2v) is 6.80. The van der Waals surface area contributed by atoms with E-state index in [9.17, 15) is 19.3 Å². The monoisotopic (exact) mass is 402 g/mol. The van der Waals surface area contributed by atoms with E-state index in [-0.39, 0.29) is 22.9 Å². The average Bonchev–Trinajstić information content (AvgIpc) is 3.09. The highest BCUT2D eigenvalue weighted by Crippen LogP contribution is 2.27. The summed E-state index contributed by atoms with van der Waals surface area (Å²) < 4.78 is 15.6. The maximum absolute atomic E-state index is 14.0. The maximum Gasteiger partial charge on any atom is 0.271 e. The molecule has 28 heavy (non-hydrogen) atoms. The Morgan fingerprint density at radius 3 is 2.68 bits per heavy atom. The van der Waals surface area contributed by atoms with Crippen LogP contribution < -0.4 is 5.32 Å². The van der Waals surface area contributed by atoms with Gasteiger partial charge in [-0.25, -0.2) is 9.07 Å². The molecule has 0 radical (unpaired) electrons. The highest BCUT2D eigenvalue weighted by atomic mass is 35.5. The van der Waals surface area contributed by atoms with Crippen molar-refractivity contribution >= 4 is 28.9 Å². The van der Waals surface area contributed by atoms with Crippen LogP contribution in [0.2, 0.25) is 5.02 Å². The minimum atomic E-state index is -0.771. The molecule has 0 saturated heterocycles. The number of anilines is 1. The lowest BCUT2D eigenvalue weighted by Crippen LogP contribution is -2.16. The summed E-state index contributed by atoms with van der Waals surface area (Å²) in [5.41, 5.74) is 0.920. The molecule has 1 aromatic heterocycles. The van der Waals surface area contributed by atoms with Crippen LogP contribution in [0.3, 0.4) is 0 Å². The van der Waals surface area contributed by atoms with E-state index >= 15 is 0 Å². The molecular formula is C19H16ClFN4O3. The van der Waals surface area contributed by atoms with E-state index in [1.54, 1.807) is 28.9 Å². The molecule has 0 aliphatic rings. The Morgan fingerprint density at radius 1 is 1.29 bits per heavy atom. The third kappa shape index (κ3) is 3.86. The van der Waals surface area contributed by atoms with Crippen LogP contribution in [-0.2, 0) is 0 Å². The van der Waals surface area contributed by atoms with Gasteiger partial charge in [-0.2, -0.15) is 5.10 Å². The van der Waals surface area contributed by atoms with Gasteiger partial charge in [0.15, 0.2) is 0 Å². The zero-order chi connectivity index (χ0) is 20.4. The fourth-order valence-corrected chi connectivity index (χ4v) is 3.00. The fourth-order valence-electron chi connectivity index (χ4n) is 2.81. The number of nitrogens with zero attached hydrogens (tertiary/aromatic N) is 3. The second kappa shape index (κ2) is 7.77. The van der Waals surface area contributed by atoms with Gasteiger partial charge in [0.05, 0.1) is 33.8 Å². The topological polar surface area (TPSA) is 90.1 Å². The molecule has 0 saturated carbocycles. The number of hydrogen-bond donors (Lipinski definition) is 1. The van der Waals surface area contributed by atoms with Crippen molar-refractivity contribution in [2.45, 2.75) is 19.8 Å². The van der Waals surface area contributed by atoms with Crippen LogP contribution >= 0.6 is 11.6 Å². The van der Waals surface area contributed by atoms with Gasteiger partial charge in [0, 0.05) is 17.2 Å². The molecule has 0 bridgehead atoms. The van der Waals surface area contributed by atoms with E-state index in [0.29, 0.717) is 16.4 Å². The van der Waals surface area contributed by atoms with Gasteiger partial charge in [0.2, 0.25) is 0 Å². The van der Waals surface area contributed by atoms with E-state index < -0.39 is 16.6 Å². The van der Waals surface area contributed by atoms with Gasteiger partial charge in [0.25, 0.3) is 11.6 Å². The van der Waals surface area contributed by atoms with Crippen molar-refractivity contribution in [3.63, 3.8) is 0 Å². The molecule has 3 rings (SSSR count). The minimum absolute atomic E-state index is 0.0859. The summed E-state index contributed by atoms with van der Waals surface area (Å²) in [7, 11) is 0. The van der Waals surface area contributed by atoms with E-state index in [4.69, 9.17) is 11.6 Å². The van der Waals surface area contributed by atoms with Gasteiger partial charge in [0.1, 0.15) is 5.82 Å². The first kappa shape index (κ1) is 19.5. The number of amides is 1. The number of hydrogen-bond acceptors (Lipinski definition) is 4. The number of non-ortho nitro benzene ring substituents is 1. The molecule has 0 atom stereocenters. The summed E-state index contributed by atoms with van der Waals surface area (Å²) in [6, 6.07) is 9.94. The largest absolute Gasteiger partial charge is 0.319 e. The predicted molar refractivity (Wildman–Crippen MR) is 104 cm³/mol. The van der Waals surface area contributed by atoms with E-state index in [1.165, 1.54) is 6.20 Å². The number of rotatable bonds is 5. The van der Waals surface area contributed by atoms with Crippen molar-refractivity contribution in [2.75, 3.05) is 5.32 Å². The first-order valence-electron chi connectivity index (χ1n) is 8.37. The third-order valence-corrected chi connectivity index (χ3v) is 4.29. The molecule has 3 aromatic rings. The van der Waals surface area contributed by atoms with Crippen molar-refractivity contribution in [2.24, 2.45) is 0 Å². The predicted octanol–water partition coefficient (Wildman–Crippen LogP) is 4.95. The maximum atomic E-state index is 14.0. The quantitative estimate of drug-likeness (QED) is 0.483. The molecule has 144 valence electrons. The zero-order valence-corrected chi connectivity index (χ0v) is 15.8. The lowest BCUT2D eigenvalue weighted by Gasteiger charge is -2.13. The number of nitro benzene ring substituents is 1. The first-order chi connectivity index (χ1) is 13.3. The van der Waals surface area contributed by atoms with Crippen LogP contribution in [0.5, 0.6) is 0 Å². The molecule has 9 heteroatoms. The van der Waals surface area contributed by atoms with Crippen molar-refractivity contribution in [1.29, 1.82) is 0 Å². The Bertz CT molecular complexity index is 1070. The van der Waals surface area contributed by atoms with E-state index in [1.807, 2.05) is 13.8 Å². The minimum Gasteiger partial charge on any atom is -0.319 e. The molecule has 1 amide bonds. The Kier molecular flexibility index (Phi) is 5.41. The molecule has 0 fully saturated rings. The smallest absolute Gasteiger partial charge is 0.271 e. The van der Waals surface area contributed by atoms with Crippen molar-refractivity contribution in [1.82, 2.24) is 9.78 Å². The molecule has 0 aliphatic carbocycles. The van der Waals surface area contributed by atoms with Gasteiger partial charge < -0.3 is 5.32 Å². The Morgan fingerprint density at radius 2 is 2.04 bits per heavy atom. The molecule has 1 N–H and O–H groups in total.